The number of hydrogen-bond donors (Lipinski definition) is 1. The van der Waals surface area contributed by atoms with Crippen LogP contribution in [0.3, 0.4) is 0 Å². The molecule has 0 radical (unpaired) electrons. The third-order valence-electron chi connectivity index (χ3n) is 2.83. The van der Waals surface area contributed by atoms with E-state index in [0.29, 0.717) is 11.4 Å². The van der Waals surface area contributed by atoms with Gasteiger partial charge in [-0.25, -0.2) is 13.1 Å². The smallest absolute Gasteiger partial charge is 0.243 e. The minimum Gasteiger partial charge on any atom is -0.274 e. The third-order valence-corrected chi connectivity index (χ3v) is 4.74. The molecule has 0 spiro atoms. The zero-order valence-corrected chi connectivity index (χ0v) is 12.8. The molecule has 2 aromatic rings. The molecule has 2 rings (SSSR count). The van der Waals surface area contributed by atoms with Gasteiger partial charge in [-0.2, -0.15) is 5.10 Å². The van der Waals surface area contributed by atoms with Crippen molar-refractivity contribution in [1.82, 2.24) is 14.5 Å². The van der Waals surface area contributed by atoms with Crippen molar-refractivity contribution in [2.75, 3.05) is 0 Å². The summed E-state index contributed by atoms with van der Waals surface area (Å²) in [5.74, 6) is 0. The van der Waals surface area contributed by atoms with E-state index in [4.69, 9.17) is 11.6 Å². The van der Waals surface area contributed by atoms with E-state index in [0.717, 1.165) is 5.56 Å². The zero-order valence-electron chi connectivity index (χ0n) is 11.2. The van der Waals surface area contributed by atoms with E-state index in [-0.39, 0.29) is 10.9 Å². The number of nitrogens with zero attached hydrogens (tertiary/aromatic N) is 2. The van der Waals surface area contributed by atoms with Crippen LogP contribution in [-0.4, -0.2) is 24.2 Å². The van der Waals surface area contributed by atoms with Gasteiger partial charge in [0.1, 0.15) is 4.90 Å². The Kier molecular flexibility index (Phi) is 4.47. The maximum Gasteiger partial charge on any atom is 0.243 e. The van der Waals surface area contributed by atoms with E-state index in [1.165, 1.54) is 17.1 Å². The van der Waals surface area contributed by atoms with Crippen molar-refractivity contribution in [3.8, 4) is 0 Å². The molecule has 0 amide bonds. The molecule has 0 saturated heterocycles. The summed E-state index contributed by atoms with van der Waals surface area (Å²) >= 11 is 6.07. The lowest BCUT2D eigenvalue weighted by atomic mass is 10.1. The van der Waals surface area contributed by atoms with Crippen LogP contribution >= 0.6 is 11.6 Å². The highest BCUT2D eigenvalue weighted by molar-refractivity contribution is 7.89. The Morgan fingerprint density at radius 3 is 2.70 bits per heavy atom. The Bertz CT molecular complexity index is 697. The number of hydrogen-bond acceptors (Lipinski definition) is 3. The number of benzene rings is 1. The molecule has 0 bridgehead atoms. The highest BCUT2D eigenvalue weighted by Crippen LogP contribution is 2.17. The molecule has 0 aliphatic rings. The molecule has 1 unspecified atom stereocenters. The van der Waals surface area contributed by atoms with E-state index in [2.05, 4.69) is 9.82 Å². The second-order valence-corrected chi connectivity index (χ2v) is 6.79. The summed E-state index contributed by atoms with van der Waals surface area (Å²) in [6, 6.07) is 7.14. The van der Waals surface area contributed by atoms with Gasteiger partial charge >= 0.3 is 0 Å². The summed E-state index contributed by atoms with van der Waals surface area (Å²) in [6.45, 7) is 1.80. The van der Waals surface area contributed by atoms with Crippen molar-refractivity contribution in [2.24, 2.45) is 7.05 Å². The lowest BCUT2D eigenvalue weighted by molar-refractivity contribution is 0.559. The molecule has 20 heavy (non-hydrogen) atoms. The van der Waals surface area contributed by atoms with Crippen LogP contribution in [0.15, 0.2) is 41.6 Å². The number of halogens is 1. The number of rotatable bonds is 5. The summed E-state index contributed by atoms with van der Waals surface area (Å²) in [6.07, 6.45) is 3.31. The number of aryl methyl sites for hydroxylation is 1. The molecule has 1 aromatic carbocycles. The maximum atomic E-state index is 12.1. The van der Waals surface area contributed by atoms with E-state index >= 15 is 0 Å². The second kappa shape index (κ2) is 5.95. The number of nitrogens with one attached hydrogen (secondary N) is 1. The quantitative estimate of drug-likeness (QED) is 0.918. The molecular weight excluding hydrogens is 298 g/mol. The van der Waals surface area contributed by atoms with Gasteiger partial charge in [-0.3, -0.25) is 4.68 Å². The van der Waals surface area contributed by atoms with Crippen molar-refractivity contribution in [3.05, 3.63) is 47.2 Å². The van der Waals surface area contributed by atoms with E-state index in [9.17, 15) is 8.42 Å². The van der Waals surface area contributed by atoms with Crippen LogP contribution in [0.4, 0.5) is 0 Å². The topological polar surface area (TPSA) is 64.0 Å². The highest BCUT2D eigenvalue weighted by atomic mass is 35.5. The second-order valence-electron chi connectivity index (χ2n) is 4.67. The Labute approximate surface area is 123 Å². The molecule has 0 aliphatic carbocycles. The van der Waals surface area contributed by atoms with Gasteiger partial charge < -0.3 is 0 Å². The largest absolute Gasteiger partial charge is 0.274 e. The molecular formula is C13H16ClN3O2S. The fourth-order valence-corrected chi connectivity index (χ4v) is 3.35. The average molecular weight is 314 g/mol. The summed E-state index contributed by atoms with van der Waals surface area (Å²) < 4.78 is 28.3. The van der Waals surface area contributed by atoms with Gasteiger partial charge in [0.25, 0.3) is 0 Å². The highest BCUT2D eigenvalue weighted by Gasteiger charge is 2.19. The van der Waals surface area contributed by atoms with Crippen molar-refractivity contribution < 1.29 is 8.42 Å². The van der Waals surface area contributed by atoms with E-state index in [1.54, 1.807) is 20.0 Å². The number of sulfonamides is 1. The lowest BCUT2D eigenvalue weighted by Crippen LogP contribution is -2.34. The van der Waals surface area contributed by atoms with Crippen LogP contribution in [0, 0.1) is 0 Å². The Morgan fingerprint density at radius 2 is 2.10 bits per heavy atom. The van der Waals surface area contributed by atoms with E-state index in [1.807, 2.05) is 18.2 Å². The molecule has 0 fully saturated rings. The Balaban J connectivity index is 2.08. The summed E-state index contributed by atoms with van der Waals surface area (Å²) in [5, 5.41) is 4.50. The molecule has 7 heteroatoms. The van der Waals surface area contributed by atoms with Crippen molar-refractivity contribution in [1.29, 1.82) is 0 Å². The minimum atomic E-state index is -3.55. The van der Waals surface area contributed by atoms with Crippen LogP contribution in [0.1, 0.15) is 12.5 Å². The van der Waals surface area contributed by atoms with Crippen molar-refractivity contribution in [2.45, 2.75) is 24.3 Å². The van der Waals surface area contributed by atoms with Gasteiger partial charge in [-0.1, -0.05) is 29.8 Å². The maximum absolute atomic E-state index is 12.1. The van der Waals surface area contributed by atoms with Crippen molar-refractivity contribution in [3.63, 3.8) is 0 Å². The van der Waals surface area contributed by atoms with Gasteiger partial charge in [0.15, 0.2) is 0 Å². The van der Waals surface area contributed by atoms with Crippen LogP contribution in [0.2, 0.25) is 5.02 Å². The van der Waals surface area contributed by atoms with Crippen LogP contribution in [0.25, 0.3) is 0 Å². The molecule has 1 heterocycles. The molecule has 1 N–H and O–H groups in total. The molecule has 0 aliphatic heterocycles. The zero-order chi connectivity index (χ0) is 14.8. The number of aromatic nitrogens is 2. The SMILES string of the molecule is CC(Cc1ccccc1Cl)NS(=O)(=O)c1cnn(C)c1. The van der Waals surface area contributed by atoms with Crippen LogP contribution in [-0.2, 0) is 23.5 Å². The normalized spacial score (nSPS) is 13.3. The fourth-order valence-electron chi connectivity index (χ4n) is 1.91. The Hall–Kier alpha value is -1.37. The molecule has 5 nitrogen and oxygen atoms in total. The van der Waals surface area contributed by atoms with Gasteiger partial charge in [0.2, 0.25) is 10.0 Å². The molecule has 1 atom stereocenters. The first kappa shape index (κ1) is 15.0. The Morgan fingerprint density at radius 1 is 1.40 bits per heavy atom. The van der Waals surface area contributed by atoms with Crippen LogP contribution in [0.5, 0.6) is 0 Å². The third kappa shape index (κ3) is 3.59. The predicted octanol–water partition coefficient (Wildman–Crippen LogP) is 1.98. The van der Waals surface area contributed by atoms with Gasteiger partial charge in [-0.05, 0) is 25.0 Å². The summed E-state index contributed by atoms with van der Waals surface area (Å²) in [4.78, 5) is 0.158. The van der Waals surface area contributed by atoms with Crippen molar-refractivity contribution >= 4 is 21.6 Å². The van der Waals surface area contributed by atoms with Gasteiger partial charge in [-0.15, -0.1) is 0 Å². The molecule has 108 valence electrons. The first-order valence-corrected chi connectivity index (χ1v) is 7.99. The minimum absolute atomic E-state index is 0.158. The fraction of sp³-hybridized carbons (Fsp3) is 0.308. The first-order valence-electron chi connectivity index (χ1n) is 6.13. The van der Waals surface area contributed by atoms with Gasteiger partial charge in [0, 0.05) is 24.3 Å². The predicted molar refractivity (Wildman–Crippen MR) is 78.1 cm³/mol. The standard InChI is InChI=1S/C13H16ClN3O2S/c1-10(7-11-5-3-4-6-13(11)14)16-20(18,19)12-8-15-17(2)9-12/h3-6,8-10,16H,7H2,1-2H3. The summed E-state index contributed by atoms with van der Waals surface area (Å²) in [5.41, 5.74) is 0.913. The summed E-state index contributed by atoms with van der Waals surface area (Å²) in [7, 11) is -1.88. The average Bonchev–Trinajstić information content (AvgIpc) is 2.79. The van der Waals surface area contributed by atoms with Crippen LogP contribution < -0.4 is 4.72 Å². The monoisotopic (exact) mass is 313 g/mol. The molecule has 0 saturated carbocycles. The first-order chi connectivity index (χ1) is 9.38. The van der Waals surface area contributed by atoms with E-state index < -0.39 is 10.0 Å². The lowest BCUT2D eigenvalue weighted by Gasteiger charge is -2.14. The van der Waals surface area contributed by atoms with Gasteiger partial charge in [0.05, 0.1) is 6.20 Å². The molecule has 1 aromatic heterocycles.